The lowest BCUT2D eigenvalue weighted by molar-refractivity contribution is -0.140. The Labute approximate surface area is 177 Å². The van der Waals surface area contributed by atoms with Gasteiger partial charge >= 0.3 is 6.18 Å². The number of aryl methyl sites for hydroxylation is 2. The maximum Gasteiger partial charge on any atom is 0.419 e. The van der Waals surface area contributed by atoms with E-state index in [1.54, 1.807) is 18.2 Å². The number of aromatic amines is 1. The predicted molar refractivity (Wildman–Crippen MR) is 111 cm³/mol. The van der Waals surface area contributed by atoms with E-state index < -0.39 is 28.5 Å². The second-order valence-electron chi connectivity index (χ2n) is 6.99. The van der Waals surface area contributed by atoms with Crippen LogP contribution in [0.5, 0.6) is 0 Å². The number of fused-ring (bicyclic) bond motifs is 1. The van der Waals surface area contributed by atoms with Crippen molar-refractivity contribution in [2.75, 3.05) is 0 Å². The van der Waals surface area contributed by atoms with E-state index in [2.05, 4.69) is 9.97 Å². The molecule has 160 valence electrons. The highest BCUT2D eigenvalue weighted by molar-refractivity contribution is 7.82. The quantitative estimate of drug-likeness (QED) is 0.415. The third kappa shape index (κ3) is 4.38. The standard InChI is InChI=1S/C22H17F4N3OS/c23-21-13(4-3-6-16(21)22(24,25)26)9-11-20-28-17-10-8-14(12-18(17)29-20)15-5-1-2-7-19(15)31(27)30/h1-8,10,12H,9,11,27H2,(H,28,29). The maximum atomic E-state index is 14.2. The summed E-state index contributed by atoms with van der Waals surface area (Å²) in [6.45, 7) is 0. The molecule has 1 heterocycles. The van der Waals surface area contributed by atoms with Crippen LogP contribution in [0, 0.1) is 5.82 Å². The first kappa shape index (κ1) is 21.2. The molecule has 3 aromatic carbocycles. The summed E-state index contributed by atoms with van der Waals surface area (Å²) in [5, 5.41) is 5.56. The zero-order chi connectivity index (χ0) is 22.2. The fraction of sp³-hybridized carbons (Fsp3) is 0.136. The maximum absolute atomic E-state index is 14.2. The first-order valence-corrected chi connectivity index (χ1v) is 10.5. The van der Waals surface area contributed by atoms with E-state index >= 15 is 0 Å². The van der Waals surface area contributed by atoms with E-state index in [1.165, 1.54) is 12.1 Å². The molecule has 1 aromatic heterocycles. The van der Waals surface area contributed by atoms with Gasteiger partial charge in [-0.3, -0.25) is 0 Å². The molecule has 0 amide bonds. The van der Waals surface area contributed by atoms with Gasteiger partial charge in [-0.1, -0.05) is 36.4 Å². The van der Waals surface area contributed by atoms with Crippen LogP contribution in [0.15, 0.2) is 65.6 Å². The van der Waals surface area contributed by atoms with Crippen LogP contribution in [0.2, 0.25) is 0 Å². The minimum absolute atomic E-state index is 0.0182. The number of H-pyrrole nitrogens is 1. The van der Waals surface area contributed by atoms with Crippen LogP contribution in [0.4, 0.5) is 17.6 Å². The van der Waals surface area contributed by atoms with E-state index in [-0.39, 0.29) is 18.4 Å². The van der Waals surface area contributed by atoms with Gasteiger partial charge in [-0.05, 0) is 47.4 Å². The lowest BCUT2D eigenvalue weighted by Crippen LogP contribution is -2.10. The highest BCUT2D eigenvalue weighted by Gasteiger charge is 2.34. The average Bonchev–Trinajstić information content (AvgIpc) is 3.14. The van der Waals surface area contributed by atoms with Gasteiger partial charge in [0.15, 0.2) is 0 Å². The third-order valence-electron chi connectivity index (χ3n) is 4.96. The summed E-state index contributed by atoms with van der Waals surface area (Å²) in [5.41, 5.74) is 1.60. The average molecular weight is 447 g/mol. The van der Waals surface area contributed by atoms with Crippen molar-refractivity contribution in [2.45, 2.75) is 23.9 Å². The van der Waals surface area contributed by atoms with Gasteiger partial charge in [-0.2, -0.15) is 13.2 Å². The normalized spacial score (nSPS) is 12.9. The van der Waals surface area contributed by atoms with E-state index in [0.29, 0.717) is 21.8 Å². The second-order valence-corrected chi connectivity index (χ2v) is 8.02. The molecule has 3 N–H and O–H groups in total. The molecular weight excluding hydrogens is 430 g/mol. The molecule has 0 fully saturated rings. The monoisotopic (exact) mass is 447 g/mol. The Bertz CT molecular complexity index is 1280. The largest absolute Gasteiger partial charge is 0.419 e. The minimum atomic E-state index is -4.74. The smallest absolute Gasteiger partial charge is 0.342 e. The fourth-order valence-electron chi connectivity index (χ4n) is 3.47. The number of alkyl halides is 3. The molecule has 1 unspecified atom stereocenters. The van der Waals surface area contributed by atoms with Gasteiger partial charge in [-0.25, -0.2) is 18.7 Å². The predicted octanol–water partition coefficient (Wildman–Crippen LogP) is 5.15. The van der Waals surface area contributed by atoms with Gasteiger partial charge in [-0.15, -0.1) is 0 Å². The number of benzene rings is 3. The van der Waals surface area contributed by atoms with Crippen molar-refractivity contribution in [3.63, 3.8) is 0 Å². The topological polar surface area (TPSA) is 71.8 Å². The lowest BCUT2D eigenvalue weighted by Gasteiger charge is -2.10. The summed E-state index contributed by atoms with van der Waals surface area (Å²) in [6.07, 6.45) is -4.43. The molecule has 4 aromatic rings. The number of aromatic nitrogens is 2. The highest BCUT2D eigenvalue weighted by Crippen LogP contribution is 2.33. The Kier molecular flexibility index (Phi) is 5.63. The Morgan fingerprint density at radius 1 is 1.00 bits per heavy atom. The Hall–Kier alpha value is -3.04. The SMILES string of the molecule is NS(=O)c1ccccc1-c1ccc2nc(CCc3cccc(C(F)(F)F)c3F)[nH]c2c1. The highest BCUT2D eigenvalue weighted by atomic mass is 32.2. The number of hydrogen-bond donors (Lipinski definition) is 2. The molecule has 0 aliphatic heterocycles. The minimum Gasteiger partial charge on any atom is -0.342 e. The van der Waals surface area contributed by atoms with E-state index in [1.807, 2.05) is 24.3 Å². The molecule has 4 nitrogen and oxygen atoms in total. The molecule has 0 saturated carbocycles. The molecule has 0 aliphatic carbocycles. The van der Waals surface area contributed by atoms with Gasteiger partial charge in [0.05, 0.1) is 21.5 Å². The number of nitrogens with one attached hydrogen (secondary N) is 1. The number of nitrogens with zero attached hydrogens (tertiary/aromatic N) is 1. The van der Waals surface area contributed by atoms with Gasteiger partial charge < -0.3 is 4.98 Å². The molecule has 0 aliphatic rings. The van der Waals surface area contributed by atoms with Crippen molar-refractivity contribution >= 4 is 22.0 Å². The van der Waals surface area contributed by atoms with Crippen LogP contribution in [0.3, 0.4) is 0 Å². The first-order valence-electron chi connectivity index (χ1n) is 9.33. The number of hydrogen-bond acceptors (Lipinski definition) is 2. The van der Waals surface area contributed by atoms with Crippen molar-refractivity contribution in [1.82, 2.24) is 9.97 Å². The lowest BCUT2D eigenvalue weighted by atomic mass is 10.0. The van der Waals surface area contributed by atoms with Gasteiger partial charge in [0.25, 0.3) is 0 Å². The van der Waals surface area contributed by atoms with Crippen molar-refractivity contribution in [2.24, 2.45) is 5.14 Å². The number of imidazole rings is 1. The molecule has 0 radical (unpaired) electrons. The summed E-state index contributed by atoms with van der Waals surface area (Å²) >= 11 is 0. The molecule has 1 atom stereocenters. The van der Waals surface area contributed by atoms with Crippen LogP contribution in [-0.2, 0) is 30.0 Å². The summed E-state index contributed by atoms with van der Waals surface area (Å²) in [6, 6.07) is 15.8. The van der Waals surface area contributed by atoms with Crippen LogP contribution < -0.4 is 5.14 Å². The van der Waals surface area contributed by atoms with Crippen molar-refractivity contribution in [1.29, 1.82) is 0 Å². The second kappa shape index (κ2) is 8.24. The van der Waals surface area contributed by atoms with E-state index in [4.69, 9.17) is 5.14 Å². The molecule has 9 heteroatoms. The zero-order valence-electron chi connectivity index (χ0n) is 16.0. The van der Waals surface area contributed by atoms with Crippen molar-refractivity contribution < 1.29 is 21.8 Å². The molecule has 0 spiro atoms. The molecule has 31 heavy (non-hydrogen) atoms. The fourth-order valence-corrected chi connectivity index (χ4v) is 4.09. The van der Waals surface area contributed by atoms with Crippen molar-refractivity contribution in [3.05, 3.63) is 83.4 Å². The summed E-state index contributed by atoms with van der Waals surface area (Å²) in [4.78, 5) is 8.06. The molecule has 0 bridgehead atoms. The van der Waals surface area contributed by atoms with Crippen molar-refractivity contribution in [3.8, 4) is 11.1 Å². The van der Waals surface area contributed by atoms with E-state index in [9.17, 15) is 21.8 Å². The number of nitrogens with two attached hydrogens (primary N) is 1. The van der Waals surface area contributed by atoms with Crippen LogP contribution >= 0.6 is 0 Å². The number of rotatable bonds is 5. The summed E-state index contributed by atoms with van der Waals surface area (Å²) < 4.78 is 64.7. The van der Waals surface area contributed by atoms with Crippen LogP contribution in [-0.4, -0.2) is 14.2 Å². The van der Waals surface area contributed by atoms with Crippen LogP contribution in [0.25, 0.3) is 22.2 Å². The summed E-state index contributed by atoms with van der Waals surface area (Å²) in [7, 11) is -1.65. The van der Waals surface area contributed by atoms with E-state index in [0.717, 1.165) is 17.2 Å². The Balaban J connectivity index is 1.60. The zero-order valence-corrected chi connectivity index (χ0v) is 16.9. The van der Waals surface area contributed by atoms with Crippen LogP contribution in [0.1, 0.15) is 17.0 Å². The third-order valence-corrected chi connectivity index (χ3v) is 5.75. The van der Waals surface area contributed by atoms with Gasteiger partial charge in [0.2, 0.25) is 0 Å². The van der Waals surface area contributed by atoms with Gasteiger partial charge in [0.1, 0.15) is 22.6 Å². The molecule has 0 saturated heterocycles. The first-order chi connectivity index (χ1) is 14.7. The molecule has 4 rings (SSSR count). The molecular formula is C22H17F4N3OS. The number of halogens is 4. The van der Waals surface area contributed by atoms with Gasteiger partial charge in [0, 0.05) is 6.42 Å². The summed E-state index contributed by atoms with van der Waals surface area (Å²) in [5.74, 6) is -0.723. The Morgan fingerprint density at radius 3 is 2.52 bits per heavy atom. The Morgan fingerprint density at radius 2 is 1.77 bits per heavy atom.